The van der Waals surface area contributed by atoms with Gasteiger partial charge in [0.1, 0.15) is 11.3 Å². The first kappa shape index (κ1) is 19.3. The van der Waals surface area contributed by atoms with Crippen molar-refractivity contribution >= 4 is 22.6 Å². The van der Waals surface area contributed by atoms with E-state index in [2.05, 4.69) is 0 Å². The van der Waals surface area contributed by atoms with Gasteiger partial charge >= 0.3 is 5.97 Å². The second-order valence-corrected chi connectivity index (χ2v) is 8.53. The molecule has 30 heavy (non-hydrogen) atoms. The minimum atomic E-state index is -1.33. The number of rotatable bonds is 4. The molecule has 2 unspecified atom stereocenters. The molecule has 0 spiro atoms. The molecule has 5 rings (SSSR count). The van der Waals surface area contributed by atoms with E-state index in [1.807, 2.05) is 4.90 Å². The summed E-state index contributed by atoms with van der Waals surface area (Å²) < 4.78 is 28.6. The SMILES string of the molecule is COc1c(N2CC3OCCCC3(N)C2)c(F)cc2c(=O)c(C(=O)O)cn(C3CC3)c12. The highest BCUT2D eigenvalue weighted by molar-refractivity contribution is 5.97. The zero-order valence-corrected chi connectivity index (χ0v) is 16.7. The molecule has 9 heteroatoms. The summed E-state index contributed by atoms with van der Waals surface area (Å²) >= 11 is 0. The van der Waals surface area contributed by atoms with Gasteiger partial charge in [0, 0.05) is 31.9 Å². The van der Waals surface area contributed by atoms with E-state index >= 15 is 4.39 Å². The summed E-state index contributed by atoms with van der Waals surface area (Å²) in [6.07, 6.45) is 4.52. The minimum Gasteiger partial charge on any atom is -0.492 e. The molecule has 160 valence electrons. The van der Waals surface area contributed by atoms with Crippen molar-refractivity contribution in [2.45, 2.75) is 43.4 Å². The number of carboxylic acids is 1. The second kappa shape index (κ2) is 6.68. The van der Waals surface area contributed by atoms with Crippen LogP contribution in [0.5, 0.6) is 5.75 Å². The van der Waals surface area contributed by atoms with Crippen LogP contribution in [0.4, 0.5) is 10.1 Å². The molecule has 3 heterocycles. The van der Waals surface area contributed by atoms with Crippen molar-refractivity contribution in [1.82, 2.24) is 4.57 Å². The molecular formula is C21H24FN3O5. The maximum Gasteiger partial charge on any atom is 0.341 e. The predicted octanol–water partition coefficient (Wildman–Crippen LogP) is 1.88. The molecule has 1 aromatic carbocycles. The summed E-state index contributed by atoms with van der Waals surface area (Å²) in [7, 11) is 1.43. The molecule has 0 radical (unpaired) electrons. The average molecular weight is 417 g/mol. The Balaban J connectivity index is 1.74. The minimum absolute atomic E-state index is 0.00947. The third kappa shape index (κ3) is 2.79. The van der Waals surface area contributed by atoms with Crippen LogP contribution >= 0.6 is 0 Å². The first-order valence-corrected chi connectivity index (χ1v) is 10.2. The summed E-state index contributed by atoms with van der Waals surface area (Å²) in [6.45, 7) is 1.47. The molecule has 2 saturated heterocycles. The Labute approximate surface area is 172 Å². The van der Waals surface area contributed by atoms with Gasteiger partial charge in [-0.15, -0.1) is 0 Å². The van der Waals surface area contributed by atoms with Gasteiger partial charge in [0.2, 0.25) is 5.43 Å². The molecule has 2 aliphatic heterocycles. The van der Waals surface area contributed by atoms with Gasteiger partial charge in [0.05, 0.1) is 29.7 Å². The number of nitrogens with zero attached hydrogens (tertiary/aromatic N) is 2. The smallest absolute Gasteiger partial charge is 0.341 e. The van der Waals surface area contributed by atoms with Gasteiger partial charge in [-0.05, 0) is 31.7 Å². The van der Waals surface area contributed by atoms with Crippen LogP contribution in [0, 0.1) is 5.82 Å². The summed E-state index contributed by atoms with van der Waals surface area (Å²) in [5.74, 6) is -1.73. The van der Waals surface area contributed by atoms with Crippen molar-refractivity contribution in [3.8, 4) is 5.75 Å². The molecule has 3 fully saturated rings. The second-order valence-electron chi connectivity index (χ2n) is 8.53. The van der Waals surface area contributed by atoms with E-state index < -0.39 is 22.8 Å². The van der Waals surface area contributed by atoms with Crippen molar-refractivity contribution in [3.05, 3.63) is 33.9 Å². The first-order valence-electron chi connectivity index (χ1n) is 10.2. The number of benzene rings is 1. The lowest BCUT2D eigenvalue weighted by molar-refractivity contribution is -0.0129. The molecule has 8 nitrogen and oxygen atoms in total. The first-order chi connectivity index (χ1) is 14.3. The predicted molar refractivity (Wildman–Crippen MR) is 108 cm³/mol. The topological polar surface area (TPSA) is 107 Å². The Kier molecular flexibility index (Phi) is 4.30. The third-order valence-electron chi connectivity index (χ3n) is 6.51. The van der Waals surface area contributed by atoms with Crippen molar-refractivity contribution in [2.24, 2.45) is 5.73 Å². The van der Waals surface area contributed by atoms with Gasteiger partial charge in [-0.1, -0.05) is 0 Å². The number of anilines is 1. The highest BCUT2D eigenvalue weighted by atomic mass is 19.1. The highest BCUT2D eigenvalue weighted by Gasteiger charge is 2.47. The number of halogens is 1. The number of carbonyl (C=O) groups is 1. The lowest BCUT2D eigenvalue weighted by Crippen LogP contribution is -2.54. The Morgan fingerprint density at radius 2 is 2.20 bits per heavy atom. The Morgan fingerprint density at radius 1 is 1.43 bits per heavy atom. The monoisotopic (exact) mass is 417 g/mol. The van der Waals surface area contributed by atoms with Gasteiger partial charge in [-0.3, -0.25) is 4.79 Å². The Bertz CT molecular complexity index is 1110. The number of pyridine rings is 1. The van der Waals surface area contributed by atoms with Crippen molar-refractivity contribution in [1.29, 1.82) is 0 Å². The van der Waals surface area contributed by atoms with Crippen LogP contribution in [-0.4, -0.2) is 54.1 Å². The largest absolute Gasteiger partial charge is 0.492 e. The van der Waals surface area contributed by atoms with Crippen molar-refractivity contribution in [3.63, 3.8) is 0 Å². The lowest BCUT2D eigenvalue weighted by atomic mass is 9.89. The molecule has 0 bridgehead atoms. The van der Waals surface area contributed by atoms with E-state index in [1.54, 1.807) is 4.57 Å². The highest BCUT2D eigenvalue weighted by Crippen LogP contribution is 2.45. The fraction of sp³-hybridized carbons (Fsp3) is 0.524. The maximum absolute atomic E-state index is 15.4. The lowest BCUT2D eigenvalue weighted by Gasteiger charge is -2.34. The molecule has 2 aromatic rings. The van der Waals surface area contributed by atoms with Crippen LogP contribution in [0.2, 0.25) is 0 Å². The van der Waals surface area contributed by atoms with Crippen LogP contribution in [0.15, 0.2) is 17.1 Å². The van der Waals surface area contributed by atoms with Gasteiger partial charge in [0.25, 0.3) is 0 Å². The van der Waals surface area contributed by atoms with E-state index in [0.29, 0.717) is 25.2 Å². The van der Waals surface area contributed by atoms with E-state index in [1.165, 1.54) is 13.3 Å². The average Bonchev–Trinajstić information content (AvgIpc) is 3.48. The zero-order chi connectivity index (χ0) is 21.2. The van der Waals surface area contributed by atoms with Crippen molar-refractivity contribution < 1.29 is 23.8 Å². The fourth-order valence-electron chi connectivity index (χ4n) is 4.88. The summed E-state index contributed by atoms with van der Waals surface area (Å²) in [6, 6.07) is 1.19. The standard InChI is InChI=1S/C21H24FN3O5/c1-29-19-16-12(18(26)13(20(27)28)8-25(16)11-3-4-11)7-14(22)17(19)24-9-15-21(23,10-24)5-2-6-30-15/h7-8,11,15H,2-6,9-10,23H2,1H3,(H,27,28). The molecule has 3 aliphatic rings. The van der Waals surface area contributed by atoms with E-state index in [-0.39, 0.29) is 34.5 Å². The number of hydrogen-bond acceptors (Lipinski definition) is 6. The fourth-order valence-corrected chi connectivity index (χ4v) is 4.88. The van der Waals surface area contributed by atoms with E-state index in [9.17, 15) is 14.7 Å². The molecular weight excluding hydrogens is 393 g/mol. The van der Waals surface area contributed by atoms with Gasteiger partial charge in [-0.2, -0.15) is 0 Å². The number of methoxy groups -OCH3 is 1. The van der Waals surface area contributed by atoms with Crippen LogP contribution in [0.3, 0.4) is 0 Å². The maximum atomic E-state index is 15.4. The molecule has 1 aromatic heterocycles. The van der Waals surface area contributed by atoms with Crippen LogP contribution < -0.4 is 20.8 Å². The molecule has 1 saturated carbocycles. The number of nitrogens with two attached hydrogens (primary N) is 1. The van der Waals surface area contributed by atoms with Crippen LogP contribution in [0.25, 0.3) is 10.9 Å². The molecule has 3 N–H and O–H groups in total. The Morgan fingerprint density at radius 3 is 2.83 bits per heavy atom. The normalized spacial score (nSPS) is 26.1. The number of fused-ring (bicyclic) bond motifs is 2. The van der Waals surface area contributed by atoms with Gasteiger partial charge in [-0.25, -0.2) is 9.18 Å². The zero-order valence-electron chi connectivity index (χ0n) is 16.7. The third-order valence-corrected chi connectivity index (χ3v) is 6.51. The number of carboxylic acid groups (broad SMARTS) is 1. The summed E-state index contributed by atoms with van der Waals surface area (Å²) in [5.41, 5.74) is 5.58. The molecule has 2 atom stereocenters. The molecule has 1 aliphatic carbocycles. The Hall–Kier alpha value is -2.65. The molecule has 0 amide bonds. The van der Waals surface area contributed by atoms with Crippen LogP contribution in [0.1, 0.15) is 42.1 Å². The van der Waals surface area contributed by atoms with Gasteiger partial charge < -0.3 is 29.8 Å². The van der Waals surface area contributed by atoms with Gasteiger partial charge in [0.15, 0.2) is 11.6 Å². The van der Waals surface area contributed by atoms with Crippen LogP contribution in [-0.2, 0) is 4.74 Å². The number of ether oxygens (including phenoxy) is 2. The quantitative estimate of drug-likeness (QED) is 0.782. The van der Waals surface area contributed by atoms with E-state index in [4.69, 9.17) is 15.2 Å². The number of hydrogen-bond donors (Lipinski definition) is 2. The number of aromatic carboxylic acids is 1. The van der Waals surface area contributed by atoms with Crippen molar-refractivity contribution in [2.75, 3.05) is 31.7 Å². The van der Waals surface area contributed by atoms with E-state index in [0.717, 1.165) is 31.7 Å². The number of aromatic nitrogens is 1. The summed E-state index contributed by atoms with van der Waals surface area (Å²) in [4.78, 5) is 26.2. The summed E-state index contributed by atoms with van der Waals surface area (Å²) in [5, 5.41) is 9.46.